The number of carbonyl (C=O) groups excluding carboxylic acids is 3. The average molecular weight is 529 g/mol. The quantitative estimate of drug-likeness (QED) is 0.384. The van der Waals surface area contributed by atoms with E-state index in [1.54, 1.807) is 11.8 Å². The largest absolute Gasteiger partial charge is 0.379 e. The van der Waals surface area contributed by atoms with Crippen LogP contribution in [0.2, 0.25) is 0 Å². The maximum Gasteiger partial charge on any atom is 0.247 e. The summed E-state index contributed by atoms with van der Waals surface area (Å²) in [5, 5.41) is 6.02. The number of carbonyl (C=O) groups is 3. The van der Waals surface area contributed by atoms with Crippen LogP contribution in [0.5, 0.6) is 0 Å². The van der Waals surface area contributed by atoms with Crippen molar-refractivity contribution in [2.45, 2.75) is 63.0 Å². The van der Waals surface area contributed by atoms with Crippen LogP contribution in [0.15, 0.2) is 59.5 Å². The Labute approximate surface area is 222 Å². The molecule has 0 aromatic heterocycles. The second kappa shape index (κ2) is 13.9. The molecule has 0 radical (unpaired) electrons. The number of hydrogen-bond acceptors (Lipinski definition) is 6. The molecule has 2 N–H and O–H groups in total. The van der Waals surface area contributed by atoms with Gasteiger partial charge in [0, 0.05) is 36.3 Å². The van der Waals surface area contributed by atoms with Crippen LogP contribution >= 0.6 is 23.5 Å². The third-order valence-corrected chi connectivity index (χ3v) is 8.43. The lowest BCUT2D eigenvalue weighted by Gasteiger charge is -2.39. The number of nitrogens with one attached hydrogen (secondary N) is 2. The summed E-state index contributed by atoms with van der Waals surface area (Å²) >= 11 is 2.82. The molecule has 1 saturated carbocycles. The van der Waals surface area contributed by atoms with Gasteiger partial charge in [-0.2, -0.15) is 0 Å². The molecule has 1 fully saturated rings. The summed E-state index contributed by atoms with van der Waals surface area (Å²) < 4.78 is 5.79. The summed E-state index contributed by atoms with van der Waals surface area (Å²) in [5.41, 5.74) is 0.936. The Kier molecular flexibility index (Phi) is 10.9. The fourth-order valence-electron chi connectivity index (χ4n) is 4.50. The molecule has 3 rings (SSSR count). The highest BCUT2D eigenvalue weighted by atomic mass is 32.2. The first kappa shape index (κ1) is 28.3. The van der Waals surface area contributed by atoms with Crippen molar-refractivity contribution in [3.05, 3.63) is 60.2 Å². The highest BCUT2D eigenvalue weighted by molar-refractivity contribution is 8.13. The molecule has 2 aromatic rings. The zero-order valence-corrected chi connectivity index (χ0v) is 22.9. The number of rotatable bonds is 11. The molecule has 2 amide bonds. The molecule has 0 spiro atoms. The molecule has 2 aromatic carbocycles. The van der Waals surface area contributed by atoms with Crippen molar-refractivity contribution < 1.29 is 19.1 Å². The second-order valence-electron chi connectivity index (χ2n) is 9.15. The Hall–Kier alpha value is -2.29. The molecule has 0 bridgehead atoms. The van der Waals surface area contributed by atoms with Crippen LogP contribution in [0.4, 0.5) is 5.69 Å². The minimum Gasteiger partial charge on any atom is -0.379 e. The van der Waals surface area contributed by atoms with E-state index in [0.29, 0.717) is 37.3 Å². The van der Waals surface area contributed by atoms with E-state index in [0.717, 1.165) is 23.3 Å². The molecule has 8 heteroatoms. The average Bonchev–Trinajstić information content (AvgIpc) is 2.89. The van der Waals surface area contributed by atoms with Gasteiger partial charge < -0.3 is 15.4 Å². The van der Waals surface area contributed by atoms with Crippen molar-refractivity contribution in [3.63, 3.8) is 0 Å². The maximum atomic E-state index is 13.8. The Morgan fingerprint density at radius 2 is 1.72 bits per heavy atom. The van der Waals surface area contributed by atoms with Crippen molar-refractivity contribution >= 4 is 46.1 Å². The lowest BCUT2D eigenvalue weighted by Crippen LogP contribution is -2.53. The van der Waals surface area contributed by atoms with E-state index in [-0.39, 0.29) is 23.0 Å². The number of anilines is 1. The lowest BCUT2D eigenvalue weighted by atomic mass is 9.73. The van der Waals surface area contributed by atoms with Gasteiger partial charge in [0.25, 0.3) is 0 Å². The standard InChI is InChI=1S/C28H36N2O4S2/c1-4-34-23-14-16-28(17-15-23,19-36-20(2)31)27(33)30-25(18-21-8-6-5-7-9-21)26(32)29-22-10-12-24(35-3)13-11-22/h5-13,23,25H,4,14-19H2,1-3H3,(H,29,32)(H,30,33)/t23-,25-,28+/m0/s1. The van der Waals surface area contributed by atoms with Gasteiger partial charge >= 0.3 is 0 Å². The Bertz CT molecular complexity index is 1010. The summed E-state index contributed by atoms with van der Waals surface area (Å²) in [7, 11) is 0. The summed E-state index contributed by atoms with van der Waals surface area (Å²) in [5.74, 6) is -0.0236. The number of amides is 2. The molecule has 0 saturated heterocycles. The fourth-order valence-corrected chi connectivity index (χ4v) is 5.80. The van der Waals surface area contributed by atoms with Crippen LogP contribution in [-0.4, -0.2) is 47.7 Å². The van der Waals surface area contributed by atoms with Crippen LogP contribution in [0.3, 0.4) is 0 Å². The fraction of sp³-hybridized carbons (Fsp3) is 0.464. The van der Waals surface area contributed by atoms with Gasteiger partial charge in [-0.25, -0.2) is 0 Å². The zero-order chi connectivity index (χ0) is 26.0. The van der Waals surface area contributed by atoms with Crippen LogP contribution in [0.25, 0.3) is 0 Å². The molecule has 0 aliphatic heterocycles. The van der Waals surface area contributed by atoms with E-state index in [2.05, 4.69) is 10.6 Å². The molecule has 1 aliphatic carbocycles. The number of thioether (sulfide) groups is 2. The molecule has 6 nitrogen and oxygen atoms in total. The highest BCUT2D eigenvalue weighted by Crippen LogP contribution is 2.40. The number of hydrogen-bond donors (Lipinski definition) is 2. The smallest absolute Gasteiger partial charge is 0.247 e. The topological polar surface area (TPSA) is 84.5 Å². The first-order valence-corrected chi connectivity index (χ1v) is 14.6. The minimum absolute atomic E-state index is 0.0126. The molecule has 36 heavy (non-hydrogen) atoms. The molecule has 194 valence electrons. The lowest BCUT2D eigenvalue weighted by molar-refractivity contribution is -0.136. The molecular formula is C28H36N2O4S2. The van der Waals surface area contributed by atoms with Crippen LogP contribution in [-0.2, 0) is 25.5 Å². The zero-order valence-electron chi connectivity index (χ0n) is 21.3. The van der Waals surface area contributed by atoms with Crippen molar-refractivity contribution in [2.75, 3.05) is 23.9 Å². The third kappa shape index (κ3) is 8.11. The molecule has 1 atom stereocenters. The highest BCUT2D eigenvalue weighted by Gasteiger charge is 2.43. The summed E-state index contributed by atoms with van der Waals surface area (Å²) in [4.78, 5) is 40.1. The molecular weight excluding hydrogens is 492 g/mol. The molecule has 1 aliphatic rings. The van der Waals surface area contributed by atoms with Gasteiger partial charge in [0.2, 0.25) is 11.8 Å². The van der Waals surface area contributed by atoms with Gasteiger partial charge in [-0.1, -0.05) is 42.1 Å². The number of benzene rings is 2. The van der Waals surface area contributed by atoms with E-state index in [9.17, 15) is 14.4 Å². The van der Waals surface area contributed by atoms with Gasteiger partial charge in [-0.05, 0) is 68.7 Å². The van der Waals surface area contributed by atoms with Crippen molar-refractivity contribution in [3.8, 4) is 0 Å². The monoisotopic (exact) mass is 528 g/mol. The van der Waals surface area contributed by atoms with Crippen molar-refractivity contribution in [1.29, 1.82) is 0 Å². The second-order valence-corrected chi connectivity index (χ2v) is 11.2. The van der Waals surface area contributed by atoms with Crippen molar-refractivity contribution in [2.24, 2.45) is 5.41 Å². The van der Waals surface area contributed by atoms with Gasteiger partial charge in [0.05, 0.1) is 11.5 Å². The van der Waals surface area contributed by atoms with Crippen LogP contribution < -0.4 is 10.6 Å². The third-order valence-electron chi connectivity index (χ3n) is 6.59. The van der Waals surface area contributed by atoms with E-state index in [1.807, 2.05) is 67.8 Å². The summed E-state index contributed by atoms with van der Waals surface area (Å²) in [6.07, 6.45) is 5.28. The van der Waals surface area contributed by atoms with Gasteiger partial charge in [-0.15, -0.1) is 11.8 Å². The Morgan fingerprint density at radius 1 is 1.06 bits per heavy atom. The predicted octanol–water partition coefficient (Wildman–Crippen LogP) is 5.32. The first-order chi connectivity index (χ1) is 17.3. The molecule has 0 unspecified atom stereocenters. The van der Waals surface area contributed by atoms with E-state index in [1.165, 1.54) is 18.7 Å². The predicted molar refractivity (Wildman–Crippen MR) is 148 cm³/mol. The van der Waals surface area contributed by atoms with Gasteiger partial charge in [0.1, 0.15) is 6.04 Å². The van der Waals surface area contributed by atoms with Crippen LogP contribution in [0, 0.1) is 5.41 Å². The SMILES string of the molecule is CCO[C@H]1CC[C@@](CSC(C)=O)(C(=O)N[C@@H](Cc2ccccc2)C(=O)Nc2ccc(SC)cc2)CC1. The Morgan fingerprint density at radius 3 is 2.31 bits per heavy atom. The van der Waals surface area contributed by atoms with Gasteiger partial charge in [0.15, 0.2) is 5.12 Å². The molecule has 0 heterocycles. The minimum atomic E-state index is -0.746. The summed E-state index contributed by atoms with van der Waals surface area (Å²) in [6.45, 7) is 4.14. The Balaban J connectivity index is 1.79. The maximum absolute atomic E-state index is 13.8. The first-order valence-electron chi connectivity index (χ1n) is 12.4. The van der Waals surface area contributed by atoms with E-state index < -0.39 is 11.5 Å². The summed E-state index contributed by atoms with van der Waals surface area (Å²) in [6, 6.07) is 16.6. The van der Waals surface area contributed by atoms with Crippen LogP contribution in [0.1, 0.15) is 45.1 Å². The van der Waals surface area contributed by atoms with Gasteiger partial charge in [-0.3, -0.25) is 14.4 Å². The number of ether oxygens (including phenoxy) is 1. The van der Waals surface area contributed by atoms with E-state index in [4.69, 9.17) is 4.74 Å². The van der Waals surface area contributed by atoms with Crippen molar-refractivity contribution in [1.82, 2.24) is 5.32 Å². The van der Waals surface area contributed by atoms with E-state index >= 15 is 0 Å². The normalized spacial score (nSPS) is 20.4.